The van der Waals surface area contributed by atoms with Gasteiger partial charge in [0.15, 0.2) is 22.8 Å². The molecule has 0 aromatic carbocycles. The number of phosphoric acid groups is 2. The number of anilines is 1. The van der Waals surface area contributed by atoms with E-state index in [2.05, 4.69) is 23.8 Å². The van der Waals surface area contributed by atoms with E-state index in [9.17, 15) is 24.2 Å². The van der Waals surface area contributed by atoms with Crippen molar-refractivity contribution in [2.24, 2.45) is 5.73 Å². The van der Waals surface area contributed by atoms with Crippen LogP contribution in [0.1, 0.15) is 12.6 Å². The van der Waals surface area contributed by atoms with Gasteiger partial charge >= 0.3 is 15.6 Å². The standard InChI is InChI=1S/C13H22N6O10P2S/c14-2-1-3-32-13-17-10(15)7-11(18-13)19(5-16-7)12-9(21)8(20)6(28-12)4-27-31(25,26)29-30(22,23)24/h5-6,8-9,12,20-21H,1-4,14H2,(H,25,26)(H2,15,17,18)(H2,22,23,24). The Hall–Kier alpha value is -1.20. The first-order chi connectivity index (χ1) is 14.9. The average Bonchev–Trinajstić information content (AvgIpc) is 3.21. The van der Waals surface area contributed by atoms with Gasteiger partial charge in [0.1, 0.15) is 23.8 Å². The Balaban J connectivity index is 1.78. The van der Waals surface area contributed by atoms with Crippen molar-refractivity contribution in [2.75, 3.05) is 24.6 Å². The van der Waals surface area contributed by atoms with E-state index in [-0.39, 0.29) is 17.0 Å². The Labute approximate surface area is 184 Å². The van der Waals surface area contributed by atoms with E-state index in [1.807, 2.05) is 0 Å². The smallest absolute Gasteiger partial charge is 0.387 e. The molecule has 1 saturated heterocycles. The molecule has 3 rings (SSSR count). The van der Waals surface area contributed by atoms with Crippen LogP contribution in [0.3, 0.4) is 0 Å². The number of phosphoric ester groups is 1. The lowest BCUT2D eigenvalue weighted by Crippen LogP contribution is -2.33. The van der Waals surface area contributed by atoms with E-state index in [1.165, 1.54) is 22.7 Å². The summed E-state index contributed by atoms with van der Waals surface area (Å²) in [6.07, 6.45) is -3.73. The third kappa shape index (κ3) is 6.02. The van der Waals surface area contributed by atoms with Crippen molar-refractivity contribution in [3.8, 4) is 0 Å². The highest BCUT2D eigenvalue weighted by molar-refractivity contribution is 7.99. The molecular formula is C13H22N6O10P2S. The first kappa shape index (κ1) is 25.4. The average molecular weight is 516 g/mol. The second-order valence-corrected chi connectivity index (χ2v) is 10.5. The van der Waals surface area contributed by atoms with Crippen LogP contribution in [0.2, 0.25) is 0 Å². The molecule has 0 saturated carbocycles. The van der Waals surface area contributed by atoms with Crippen LogP contribution in [0, 0.1) is 0 Å². The quantitative estimate of drug-likeness (QED) is 0.0837. The fraction of sp³-hybridized carbons (Fsp3) is 0.615. The molecule has 1 aliphatic rings. The number of nitrogens with zero attached hydrogens (tertiary/aromatic N) is 4. The highest BCUT2D eigenvalue weighted by atomic mass is 32.2. The van der Waals surface area contributed by atoms with Crippen molar-refractivity contribution in [2.45, 2.75) is 36.1 Å². The van der Waals surface area contributed by atoms with Gasteiger partial charge < -0.3 is 41.1 Å². The largest absolute Gasteiger partial charge is 0.481 e. The Bertz CT molecular complexity index is 1050. The fourth-order valence-corrected chi connectivity index (χ4v) is 5.24. The summed E-state index contributed by atoms with van der Waals surface area (Å²) in [5.74, 6) is 0.737. The molecule has 19 heteroatoms. The number of aromatic nitrogens is 4. The van der Waals surface area contributed by atoms with Crippen LogP contribution < -0.4 is 11.5 Å². The molecule has 0 radical (unpaired) electrons. The normalized spacial score (nSPS) is 25.9. The predicted molar refractivity (Wildman–Crippen MR) is 109 cm³/mol. The number of aliphatic hydroxyl groups excluding tert-OH is 2. The zero-order valence-electron chi connectivity index (χ0n) is 16.2. The van der Waals surface area contributed by atoms with Crippen molar-refractivity contribution >= 4 is 44.4 Å². The molecule has 32 heavy (non-hydrogen) atoms. The van der Waals surface area contributed by atoms with Crippen LogP contribution in [0.15, 0.2) is 11.5 Å². The lowest BCUT2D eigenvalue weighted by Gasteiger charge is -2.17. The van der Waals surface area contributed by atoms with Crippen LogP contribution in [0.5, 0.6) is 0 Å². The van der Waals surface area contributed by atoms with E-state index in [4.69, 9.17) is 26.0 Å². The molecule has 180 valence electrons. The van der Waals surface area contributed by atoms with E-state index >= 15 is 0 Å². The zero-order chi connectivity index (χ0) is 23.7. The van der Waals surface area contributed by atoms with Crippen molar-refractivity contribution in [3.63, 3.8) is 0 Å². The minimum Gasteiger partial charge on any atom is -0.387 e. The minimum absolute atomic E-state index is 0.0905. The number of nitrogens with two attached hydrogens (primary N) is 2. The summed E-state index contributed by atoms with van der Waals surface area (Å²) in [6, 6.07) is 0. The van der Waals surface area contributed by atoms with Crippen molar-refractivity contribution < 1.29 is 47.6 Å². The lowest BCUT2D eigenvalue weighted by molar-refractivity contribution is -0.0503. The Kier molecular flexibility index (Phi) is 7.92. The summed E-state index contributed by atoms with van der Waals surface area (Å²) in [5.41, 5.74) is 11.9. The van der Waals surface area contributed by atoms with Gasteiger partial charge in [-0.1, -0.05) is 11.8 Å². The summed E-state index contributed by atoms with van der Waals surface area (Å²) < 4.78 is 37.3. The van der Waals surface area contributed by atoms with Crippen molar-refractivity contribution in [1.82, 2.24) is 19.5 Å². The molecule has 3 heterocycles. The molecule has 1 aliphatic heterocycles. The maximum Gasteiger partial charge on any atom is 0.481 e. The molecule has 2 aromatic heterocycles. The summed E-state index contributed by atoms with van der Waals surface area (Å²) in [7, 11) is -10.5. The number of aliphatic hydroxyl groups is 2. The molecule has 0 spiro atoms. The van der Waals surface area contributed by atoms with Gasteiger partial charge in [0.2, 0.25) is 0 Å². The molecule has 9 N–H and O–H groups in total. The highest BCUT2D eigenvalue weighted by Gasteiger charge is 2.46. The Morgan fingerprint density at radius 1 is 1.22 bits per heavy atom. The third-order valence-electron chi connectivity index (χ3n) is 4.23. The van der Waals surface area contributed by atoms with Gasteiger partial charge in [-0.2, -0.15) is 4.31 Å². The molecular weight excluding hydrogens is 494 g/mol. The number of rotatable bonds is 10. The number of thioether (sulfide) groups is 1. The van der Waals surface area contributed by atoms with Gasteiger partial charge in [-0.05, 0) is 13.0 Å². The molecule has 16 nitrogen and oxygen atoms in total. The summed E-state index contributed by atoms with van der Waals surface area (Å²) >= 11 is 1.31. The van der Waals surface area contributed by atoms with Crippen LogP contribution in [0.4, 0.5) is 5.82 Å². The van der Waals surface area contributed by atoms with Crippen LogP contribution in [-0.2, 0) is 22.7 Å². The first-order valence-corrected chi connectivity index (χ1v) is 13.0. The second kappa shape index (κ2) is 9.97. The van der Waals surface area contributed by atoms with E-state index in [1.54, 1.807) is 0 Å². The number of hydrogen-bond acceptors (Lipinski definition) is 13. The van der Waals surface area contributed by atoms with E-state index in [0.717, 1.165) is 6.42 Å². The zero-order valence-corrected chi connectivity index (χ0v) is 18.8. The molecule has 1 fully saturated rings. The van der Waals surface area contributed by atoms with Gasteiger partial charge in [0.05, 0.1) is 12.9 Å². The van der Waals surface area contributed by atoms with E-state index in [0.29, 0.717) is 17.5 Å². The van der Waals surface area contributed by atoms with Gasteiger partial charge in [0, 0.05) is 5.75 Å². The van der Waals surface area contributed by atoms with Crippen LogP contribution >= 0.6 is 27.4 Å². The third-order valence-corrected chi connectivity index (χ3v) is 7.32. The highest BCUT2D eigenvalue weighted by Crippen LogP contribution is 2.57. The Morgan fingerprint density at radius 2 is 1.94 bits per heavy atom. The number of fused-ring (bicyclic) bond motifs is 1. The molecule has 0 aliphatic carbocycles. The molecule has 5 atom stereocenters. The number of ether oxygens (including phenoxy) is 1. The molecule has 5 unspecified atom stereocenters. The molecule has 0 bridgehead atoms. The van der Waals surface area contributed by atoms with Gasteiger partial charge in [-0.25, -0.2) is 24.1 Å². The van der Waals surface area contributed by atoms with Crippen molar-refractivity contribution in [1.29, 1.82) is 0 Å². The fourth-order valence-electron chi connectivity index (χ4n) is 2.84. The number of imidazole rings is 1. The lowest BCUT2D eigenvalue weighted by atomic mass is 10.1. The van der Waals surface area contributed by atoms with E-state index < -0.39 is 46.8 Å². The van der Waals surface area contributed by atoms with Gasteiger partial charge in [0.25, 0.3) is 0 Å². The maximum atomic E-state index is 11.6. The van der Waals surface area contributed by atoms with Crippen molar-refractivity contribution in [3.05, 3.63) is 6.33 Å². The first-order valence-electron chi connectivity index (χ1n) is 9.00. The molecule has 0 amide bonds. The van der Waals surface area contributed by atoms with Gasteiger partial charge in [-0.3, -0.25) is 9.09 Å². The monoisotopic (exact) mass is 516 g/mol. The second-order valence-electron chi connectivity index (χ2n) is 6.59. The van der Waals surface area contributed by atoms with Crippen LogP contribution in [0.25, 0.3) is 11.2 Å². The number of nitrogen functional groups attached to an aromatic ring is 1. The minimum atomic E-state index is -5.31. The number of hydrogen-bond donors (Lipinski definition) is 7. The SMILES string of the molecule is NCCCSc1nc(N)c2ncn(C3OC(COP(=O)(O)OP(=O)(O)O)C(O)C3O)c2n1. The maximum absolute atomic E-state index is 11.6. The predicted octanol–water partition coefficient (Wildman–Crippen LogP) is -1.31. The summed E-state index contributed by atoms with van der Waals surface area (Å²) in [5, 5.41) is 21.0. The molecule has 2 aromatic rings. The summed E-state index contributed by atoms with van der Waals surface area (Å²) in [4.78, 5) is 39.2. The Morgan fingerprint density at radius 3 is 2.59 bits per heavy atom. The van der Waals surface area contributed by atoms with Crippen LogP contribution in [-0.4, -0.2) is 81.6 Å². The van der Waals surface area contributed by atoms with Gasteiger partial charge in [-0.15, -0.1) is 0 Å². The topological polar surface area (TPSA) is 259 Å². The summed E-state index contributed by atoms with van der Waals surface area (Å²) in [6.45, 7) is -0.335.